The first-order valence-electron chi connectivity index (χ1n) is 5.13. The van der Waals surface area contributed by atoms with Gasteiger partial charge in [-0.2, -0.15) is 0 Å². The summed E-state index contributed by atoms with van der Waals surface area (Å²) in [6.07, 6.45) is 0. The second kappa shape index (κ2) is 6.07. The Labute approximate surface area is 130 Å². The van der Waals surface area contributed by atoms with E-state index in [1.807, 2.05) is 24.3 Å². The van der Waals surface area contributed by atoms with E-state index in [-0.39, 0.29) is 10.0 Å². The van der Waals surface area contributed by atoms with Crippen molar-refractivity contribution in [1.29, 1.82) is 0 Å². The summed E-state index contributed by atoms with van der Waals surface area (Å²) < 4.78 is 14.9. The first-order chi connectivity index (χ1) is 8.99. The molecule has 0 spiro atoms. The molecule has 0 aliphatic heterocycles. The van der Waals surface area contributed by atoms with Crippen molar-refractivity contribution in [3.63, 3.8) is 0 Å². The Morgan fingerprint density at radius 1 is 1.21 bits per heavy atom. The van der Waals surface area contributed by atoms with Crippen molar-refractivity contribution in [1.82, 2.24) is 0 Å². The van der Waals surface area contributed by atoms with Crippen molar-refractivity contribution in [2.24, 2.45) is 0 Å². The smallest absolute Gasteiger partial charge is 0.336 e. The van der Waals surface area contributed by atoms with Gasteiger partial charge in [-0.25, -0.2) is 9.18 Å². The second-order valence-electron chi connectivity index (χ2n) is 3.60. The van der Waals surface area contributed by atoms with Crippen LogP contribution in [0.25, 0.3) is 0 Å². The molecule has 0 aliphatic carbocycles. The zero-order valence-electron chi connectivity index (χ0n) is 9.36. The lowest BCUT2D eigenvalue weighted by Crippen LogP contribution is -2.00. The Bertz CT molecular complexity index is 647. The van der Waals surface area contributed by atoms with Gasteiger partial charge in [-0.15, -0.1) is 0 Å². The van der Waals surface area contributed by atoms with E-state index in [1.54, 1.807) is 0 Å². The molecule has 0 heterocycles. The van der Waals surface area contributed by atoms with Crippen molar-refractivity contribution in [3.05, 3.63) is 56.7 Å². The minimum atomic E-state index is -1.16. The van der Waals surface area contributed by atoms with E-state index in [0.717, 1.165) is 9.37 Å². The Hall–Kier alpha value is -0.850. The summed E-state index contributed by atoms with van der Waals surface area (Å²) in [4.78, 5) is 12.1. The highest BCUT2D eigenvalue weighted by atomic mass is 79.9. The molecule has 0 aromatic heterocycles. The largest absolute Gasteiger partial charge is 0.478 e. The Balaban J connectivity index is 2.37. The Kier molecular flexibility index (Phi) is 4.65. The standard InChI is InChI=1S/C13H7Br2FO2S/c14-7-2-1-3-8(6-7)19-10-5-4-9(13(17)18)11(15)12(10)16/h1-6H,(H,17,18). The van der Waals surface area contributed by atoms with Crippen LogP contribution < -0.4 is 0 Å². The van der Waals surface area contributed by atoms with Gasteiger partial charge in [-0.1, -0.05) is 33.8 Å². The predicted molar refractivity (Wildman–Crippen MR) is 79.3 cm³/mol. The monoisotopic (exact) mass is 404 g/mol. The molecule has 0 bridgehead atoms. The number of carboxylic acids is 1. The summed E-state index contributed by atoms with van der Waals surface area (Å²) in [5.74, 6) is -1.73. The molecular weight excluding hydrogens is 399 g/mol. The van der Waals surface area contributed by atoms with Crippen molar-refractivity contribution >= 4 is 49.6 Å². The number of carboxylic acid groups (broad SMARTS) is 1. The molecule has 2 aromatic rings. The van der Waals surface area contributed by atoms with Gasteiger partial charge in [0.2, 0.25) is 0 Å². The maximum atomic E-state index is 14.1. The van der Waals surface area contributed by atoms with Crippen LogP contribution in [0.15, 0.2) is 55.1 Å². The van der Waals surface area contributed by atoms with Crippen LogP contribution in [0.3, 0.4) is 0 Å². The normalized spacial score (nSPS) is 10.5. The summed E-state index contributed by atoms with van der Waals surface area (Å²) in [5.41, 5.74) is -0.0870. The number of hydrogen-bond donors (Lipinski definition) is 1. The molecule has 0 amide bonds. The first-order valence-corrected chi connectivity index (χ1v) is 7.54. The van der Waals surface area contributed by atoms with Gasteiger partial charge < -0.3 is 5.11 Å². The third kappa shape index (κ3) is 3.38. The highest BCUT2D eigenvalue weighted by Gasteiger charge is 2.16. The lowest BCUT2D eigenvalue weighted by Gasteiger charge is -2.07. The van der Waals surface area contributed by atoms with Crippen LogP contribution in [-0.2, 0) is 0 Å². The van der Waals surface area contributed by atoms with Crippen molar-refractivity contribution < 1.29 is 14.3 Å². The molecule has 19 heavy (non-hydrogen) atoms. The second-order valence-corrected chi connectivity index (χ2v) is 6.43. The molecule has 0 saturated heterocycles. The fourth-order valence-corrected chi connectivity index (χ4v) is 3.54. The molecule has 2 rings (SSSR count). The number of halogens is 3. The Morgan fingerprint density at radius 2 is 1.95 bits per heavy atom. The molecule has 2 aromatic carbocycles. The fourth-order valence-electron chi connectivity index (χ4n) is 1.43. The SMILES string of the molecule is O=C(O)c1ccc(Sc2cccc(Br)c2)c(F)c1Br. The molecule has 1 N–H and O–H groups in total. The number of carbonyl (C=O) groups is 1. The van der Waals surface area contributed by atoms with Crippen molar-refractivity contribution in [2.75, 3.05) is 0 Å². The van der Waals surface area contributed by atoms with Gasteiger partial charge in [0.25, 0.3) is 0 Å². The highest BCUT2D eigenvalue weighted by molar-refractivity contribution is 9.10. The maximum absolute atomic E-state index is 14.1. The van der Waals surface area contributed by atoms with E-state index in [2.05, 4.69) is 31.9 Å². The molecule has 0 fully saturated rings. The molecule has 0 saturated carbocycles. The van der Waals surface area contributed by atoms with Gasteiger partial charge in [0.05, 0.1) is 10.0 Å². The fraction of sp³-hybridized carbons (Fsp3) is 0. The summed E-state index contributed by atoms with van der Waals surface area (Å²) in [6, 6.07) is 10.3. The van der Waals surface area contributed by atoms with Crippen LogP contribution in [-0.4, -0.2) is 11.1 Å². The minimum absolute atomic E-state index is 0.0278. The van der Waals surface area contributed by atoms with Crippen LogP contribution in [0.4, 0.5) is 4.39 Å². The number of hydrogen-bond acceptors (Lipinski definition) is 2. The van der Waals surface area contributed by atoms with E-state index in [9.17, 15) is 9.18 Å². The van der Waals surface area contributed by atoms with E-state index in [1.165, 1.54) is 23.9 Å². The molecule has 98 valence electrons. The number of aromatic carboxylic acids is 1. The van der Waals surface area contributed by atoms with Crippen LogP contribution in [0.1, 0.15) is 10.4 Å². The van der Waals surface area contributed by atoms with Gasteiger partial charge in [-0.3, -0.25) is 0 Å². The van der Waals surface area contributed by atoms with E-state index >= 15 is 0 Å². The van der Waals surface area contributed by atoms with E-state index in [4.69, 9.17) is 5.11 Å². The zero-order chi connectivity index (χ0) is 14.0. The van der Waals surface area contributed by atoms with E-state index < -0.39 is 11.8 Å². The highest BCUT2D eigenvalue weighted by Crippen LogP contribution is 2.35. The zero-order valence-corrected chi connectivity index (χ0v) is 13.4. The van der Waals surface area contributed by atoms with Crippen LogP contribution >= 0.6 is 43.6 Å². The molecule has 0 radical (unpaired) electrons. The number of rotatable bonds is 3. The van der Waals surface area contributed by atoms with E-state index in [0.29, 0.717) is 4.90 Å². The molecule has 2 nitrogen and oxygen atoms in total. The van der Waals surface area contributed by atoms with Crippen LogP contribution in [0, 0.1) is 5.82 Å². The van der Waals surface area contributed by atoms with Crippen LogP contribution in [0.2, 0.25) is 0 Å². The molecular formula is C13H7Br2FO2S. The third-order valence-electron chi connectivity index (χ3n) is 2.30. The summed E-state index contributed by atoms with van der Waals surface area (Å²) in [6.45, 7) is 0. The van der Waals surface area contributed by atoms with Gasteiger partial charge >= 0.3 is 5.97 Å². The molecule has 6 heteroatoms. The maximum Gasteiger partial charge on any atom is 0.336 e. The topological polar surface area (TPSA) is 37.3 Å². The van der Waals surface area contributed by atoms with Gasteiger partial charge in [-0.05, 0) is 46.3 Å². The van der Waals surface area contributed by atoms with Crippen LogP contribution in [0.5, 0.6) is 0 Å². The Morgan fingerprint density at radius 3 is 2.58 bits per heavy atom. The summed E-state index contributed by atoms with van der Waals surface area (Å²) in [7, 11) is 0. The lowest BCUT2D eigenvalue weighted by molar-refractivity contribution is 0.0695. The molecule has 0 atom stereocenters. The minimum Gasteiger partial charge on any atom is -0.478 e. The summed E-state index contributed by atoms with van der Waals surface area (Å²) >= 11 is 7.56. The average molecular weight is 406 g/mol. The van der Waals surface area contributed by atoms with Gasteiger partial charge in [0.15, 0.2) is 5.82 Å². The quantitative estimate of drug-likeness (QED) is 0.762. The first kappa shape index (κ1) is 14.6. The predicted octanol–water partition coefficient (Wildman–Crippen LogP) is 5.20. The number of benzene rings is 2. The molecule has 0 unspecified atom stereocenters. The molecule has 0 aliphatic rings. The van der Waals surface area contributed by atoms with Gasteiger partial charge in [0.1, 0.15) is 0 Å². The summed E-state index contributed by atoms with van der Waals surface area (Å²) in [5, 5.41) is 8.90. The van der Waals surface area contributed by atoms with Gasteiger partial charge in [0, 0.05) is 14.3 Å². The van der Waals surface area contributed by atoms with Crippen molar-refractivity contribution in [3.8, 4) is 0 Å². The third-order valence-corrected chi connectivity index (χ3v) is 4.59. The lowest BCUT2D eigenvalue weighted by atomic mass is 10.2. The van der Waals surface area contributed by atoms with Crippen molar-refractivity contribution in [2.45, 2.75) is 9.79 Å². The average Bonchev–Trinajstić information content (AvgIpc) is 2.35.